The molecule has 0 saturated heterocycles. The maximum atomic E-state index is 5.45. The monoisotopic (exact) mass is 217 g/mol. The van der Waals surface area contributed by atoms with Gasteiger partial charge in [0.15, 0.2) is 0 Å². The first-order chi connectivity index (χ1) is 7.20. The molecule has 5 heteroatoms. The van der Waals surface area contributed by atoms with Crippen LogP contribution >= 0.6 is 0 Å². The lowest BCUT2D eigenvalue weighted by Gasteiger charge is -2.18. The van der Waals surface area contributed by atoms with Gasteiger partial charge in [-0.05, 0) is 14.1 Å². The van der Waals surface area contributed by atoms with Gasteiger partial charge in [0, 0.05) is 52.4 Å². The molecule has 0 spiro atoms. The molecule has 0 unspecified atom stereocenters. The Labute approximate surface area is 93.8 Å². The van der Waals surface area contributed by atoms with Crippen molar-refractivity contribution in [1.82, 2.24) is 15.1 Å². The van der Waals surface area contributed by atoms with Gasteiger partial charge in [-0.15, -0.1) is 0 Å². The Hall–Kier alpha value is -0.200. The van der Waals surface area contributed by atoms with E-state index < -0.39 is 0 Å². The lowest BCUT2D eigenvalue weighted by molar-refractivity contribution is 0.319. The topological polar surface area (TPSA) is 70.5 Å². The second kappa shape index (κ2) is 10.3. The smallest absolute Gasteiger partial charge is 0.0104 e. The molecule has 5 N–H and O–H groups in total. The zero-order valence-corrected chi connectivity index (χ0v) is 10.2. The van der Waals surface area contributed by atoms with Crippen LogP contribution in [0.5, 0.6) is 0 Å². The number of hydrogen-bond donors (Lipinski definition) is 3. The minimum absolute atomic E-state index is 0.732. The molecule has 0 fully saturated rings. The molecule has 15 heavy (non-hydrogen) atoms. The molecule has 0 aliphatic rings. The van der Waals surface area contributed by atoms with E-state index in [1.807, 2.05) is 0 Å². The quantitative estimate of drug-likeness (QED) is 0.383. The van der Waals surface area contributed by atoms with Crippen LogP contribution in [0.2, 0.25) is 0 Å². The van der Waals surface area contributed by atoms with Crippen molar-refractivity contribution in [2.24, 2.45) is 11.5 Å². The highest BCUT2D eigenvalue weighted by Crippen LogP contribution is 1.79. The minimum Gasteiger partial charge on any atom is -0.329 e. The van der Waals surface area contributed by atoms with Crippen LogP contribution in [-0.4, -0.2) is 76.3 Å². The van der Waals surface area contributed by atoms with Crippen molar-refractivity contribution in [3.63, 3.8) is 0 Å². The molecule has 0 bridgehead atoms. The first-order valence-electron chi connectivity index (χ1n) is 5.68. The molecule has 0 saturated carbocycles. The van der Waals surface area contributed by atoms with Crippen LogP contribution in [0, 0.1) is 0 Å². The molecule has 0 heterocycles. The van der Waals surface area contributed by atoms with Gasteiger partial charge in [0.25, 0.3) is 0 Å². The summed E-state index contributed by atoms with van der Waals surface area (Å²) in [7, 11) is 4.18. The highest BCUT2D eigenvalue weighted by molar-refractivity contribution is 4.58. The third-order valence-corrected chi connectivity index (χ3v) is 2.36. The van der Waals surface area contributed by atoms with Crippen LogP contribution in [0.15, 0.2) is 0 Å². The zero-order chi connectivity index (χ0) is 11.5. The van der Waals surface area contributed by atoms with Gasteiger partial charge < -0.3 is 26.6 Å². The van der Waals surface area contributed by atoms with Crippen LogP contribution in [0.25, 0.3) is 0 Å². The maximum Gasteiger partial charge on any atom is 0.0104 e. The van der Waals surface area contributed by atoms with E-state index in [1.54, 1.807) is 0 Å². The third-order valence-electron chi connectivity index (χ3n) is 2.36. The fourth-order valence-electron chi connectivity index (χ4n) is 1.33. The van der Waals surface area contributed by atoms with Gasteiger partial charge >= 0.3 is 0 Å². The predicted molar refractivity (Wildman–Crippen MR) is 66.0 cm³/mol. The van der Waals surface area contributed by atoms with E-state index in [0.717, 1.165) is 52.4 Å². The summed E-state index contributed by atoms with van der Waals surface area (Å²) in [6.45, 7) is 7.55. The van der Waals surface area contributed by atoms with Crippen LogP contribution in [0.4, 0.5) is 0 Å². The van der Waals surface area contributed by atoms with Crippen molar-refractivity contribution < 1.29 is 0 Å². The Morgan fingerprint density at radius 2 is 1.20 bits per heavy atom. The zero-order valence-electron chi connectivity index (χ0n) is 10.2. The molecule has 0 aliphatic carbocycles. The number of likely N-dealkylation sites (N-methyl/N-ethyl adjacent to an activating group) is 2. The highest BCUT2D eigenvalue weighted by atomic mass is 15.1. The Balaban J connectivity index is 3.17. The predicted octanol–water partition coefficient (Wildman–Crippen LogP) is -1.64. The van der Waals surface area contributed by atoms with Crippen molar-refractivity contribution in [3.05, 3.63) is 0 Å². The van der Waals surface area contributed by atoms with E-state index in [2.05, 4.69) is 29.2 Å². The van der Waals surface area contributed by atoms with E-state index in [9.17, 15) is 0 Å². The van der Waals surface area contributed by atoms with E-state index in [4.69, 9.17) is 11.5 Å². The number of nitrogens with zero attached hydrogens (tertiary/aromatic N) is 2. The second-order valence-electron chi connectivity index (χ2n) is 3.93. The molecule has 0 radical (unpaired) electrons. The average molecular weight is 217 g/mol. The molecule has 0 aliphatic heterocycles. The second-order valence-corrected chi connectivity index (χ2v) is 3.93. The normalized spacial score (nSPS) is 11.6. The van der Waals surface area contributed by atoms with Crippen molar-refractivity contribution >= 4 is 0 Å². The number of rotatable bonds is 10. The van der Waals surface area contributed by atoms with Crippen molar-refractivity contribution in [1.29, 1.82) is 0 Å². The molecular weight excluding hydrogens is 190 g/mol. The van der Waals surface area contributed by atoms with Crippen LogP contribution in [0.1, 0.15) is 0 Å². The van der Waals surface area contributed by atoms with Crippen molar-refractivity contribution in [2.45, 2.75) is 0 Å². The Bertz CT molecular complexity index is 117. The standard InChI is InChI=1S/C10H27N5/c1-14(7-3-11)9-5-13-6-10-15(2)8-4-12/h13H,3-12H2,1-2H3. The molecule has 5 nitrogen and oxygen atoms in total. The van der Waals surface area contributed by atoms with Gasteiger partial charge in [-0.3, -0.25) is 0 Å². The summed E-state index contributed by atoms with van der Waals surface area (Å²) in [5, 5.41) is 3.40. The van der Waals surface area contributed by atoms with E-state index >= 15 is 0 Å². The summed E-state index contributed by atoms with van der Waals surface area (Å²) in [4.78, 5) is 4.47. The number of hydrogen-bond acceptors (Lipinski definition) is 5. The number of nitrogens with two attached hydrogens (primary N) is 2. The molecule has 0 amide bonds. The van der Waals surface area contributed by atoms with Gasteiger partial charge in [-0.1, -0.05) is 0 Å². The average Bonchev–Trinajstić information content (AvgIpc) is 2.18. The summed E-state index contributed by atoms with van der Waals surface area (Å²) >= 11 is 0. The van der Waals surface area contributed by atoms with E-state index in [1.165, 1.54) is 0 Å². The Morgan fingerprint density at radius 1 is 0.800 bits per heavy atom. The Kier molecular flexibility index (Phi) is 10.2. The van der Waals surface area contributed by atoms with Crippen molar-refractivity contribution in [3.8, 4) is 0 Å². The fraction of sp³-hybridized carbons (Fsp3) is 1.00. The van der Waals surface area contributed by atoms with Gasteiger partial charge in [-0.2, -0.15) is 0 Å². The summed E-state index contributed by atoms with van der Waals surface area (Å²) < 4.78 is 0. The molecule has 0 aromatic rings. The third kappa shape index (κ3) is 10.1. The summed E-state index contributed by atoms with van der Waals surface area (Å²) in [6, 6.07) is 0. The molecule has 92 valence electrons. The summed E-state index contributed by atoms with van der Waals surface area (Å²) in [5.74, 6) is 0. The van der Waals surface area contributed by atoms with E-state index in [0.29, 0.717) is 0 Å². The highest BCUT2D eigenvalue weighted by Gasteiger charge is 1.97. The van der Waals surface area contributed by atoms with Crippen LogP contribution < -0.4 is 16.8 Å². The Morgan fingerprint density at radius 3 is 1.53 bits per heavy atom. The SMILES string of the molecule is CN(CCN)CCNCCN(C)CCN. The lowest BCUT2D eigenvalue weighted by Crippen LogP contribution is -2.36. The molecular formula is C10H27N5. The van der Waals surface area contributed by atoms with Gasteiger partial charge in [0.1, 0.15) is 0 Å². The first kappa shape index (κ1) is 14.8. The lowest BCUT2D eigenvalue weighted by atomic mass is 10.4. The van der Waals surface area contributed by atoms with E-state index in [-0.39, 0.29) is 0 Å². The van der Waals surface area contributed by atoms with Crippen LogP contribution in [0.3, 0.4) is 0 Å². The largest absolute Gasteiger partial charge is 0.329 e. The molecule has 0 aromatic heterocycles. The minimum atomic E-state index is 0.732. The van der Waals surface area contributed by atoms with Crippen molar-refractivity contribution in [2.75, 3.05) is 66.5 Å². The molecule has 0 atom stereocenters. The van der Waals surface area contributed by atoms with Gasteiger partial charge in [0.2, 0.25) is 0 Å². The summed E-state index contributed by atoms with van der Waals surface area (Å²) in [6.07, 6.45) is 0. The first-order valence-corrected chi connectivity index (χ1v) is 5.68. The van der Waals surface area contributed by atoms with Gasteiger partial charge in [-0.25, -0.2) is 0 Å². The maximum absolute atomic E-state index is 5.45. The van der Waals surface area contributed by atoms with Gasteiger partial charge in [0.05, 0.1) is 0 Å². The van der Waals surface area contributed by atoms with Crippen LogP contribution in [-0.2, 0) is 0 Å². The fourth-order valence-corrected chi connectivity index (χ4v) is 1.33. The molecule has 0 aromatic carbocycles. The number of nitrogens with one attached hydrogen (secondary N) is 1. The summed E-state index contributed by atoms with van der Waals surface area (Å²) in [5.41, 5.74) is 10.9. The molecule has 0 rings (SSSR count).